The van der Waals surface area contributed by atoms with Gasteiger partial charge in [-0.1, -0.05) is 12.1 Å². The van der Waals surface area contributed by atoms with Crippen LogP contribution >= 0.6 is 0 Å². The lowest BCUT2D eigenvalue weighted by molar-refractivity contribution is -0.113. The number of hydrogen-bond donors (Lipinski definition) is 2. The van der Waals surface area contributed by atoms with Gasteiger partial charge in [-0.2, -0.15) is 0 Å². The van der Waals surface area contributed by atoms with E-state index in [1.807, 2.05) is 12.1 Å². The molecule has 0 saturated carbocycles. The first-order valence-corrected chi connectivity index (χ1v) is 6.65. The zero-order valence-electron chi connectivity index (χ0n) is 12.1. The third kappa shape index (κ3) is 3.25. The first-order chi connectivity index (χ1) is 10.0. The van der Waals surface area contributed by atoms with E-state index in [9.17, 15) is 4.79 Å². The van der Waals surface area contributed by atoms with Gasteiger partial charge in [0.05, 0.1) is 17.7 Å². The Morgan fingerprint density at radius 2 is 2.10 bits per heavy atom. The van der Waals surface area contributed by atoms with Crippen molar-refractivity contribution in [1.82, 2.24) is 4.98 Å². The number of aromatic nitrogens is 1. The molecular formula is C16H18N3O2+. The molecule has 0 aliphatic carbocycles. The van der Waals surface area contributed by atoms with Crippen molar-refractivity contribution in [3.63, 3.8) is 0 Å². The van der Waals surface area contributed by atoms with E-state index in [1.165, 1.54) is 0 Å². The number of nitrogens with two attached hydrogens (primary N) is 2. The van der Waals surface area contributed by atoms with E-state index in [2.05, 4.69) is 4.98 Å². The van der Waals surface area contributed by atoms with Crippen molar-refractivity contribution in [2.75, 3.05) is 12.3 Å². The zero-order chi connectivity index (χ0) is 15.4. The fraction of sp³-hybridized carbons (Fsp3) is 0.188. The van der Waals surface area contributed by atoms with Gasteiger partial charge in [0.15, 0.2) is 5.71 Å². The van der Waals surface area contributed by atoms with Gasteiger partial charge in [-0.25, -0.2) is 9.78 Å². The summed E-state index contributed by atoms with van der Waals surface area (Å²) in [6.45, 7) is 3.89. The summed E-state index contributed by atoms with van der Waals surface area (Å²) in [5.41, 5.74) is 9.30. The molecule has 0 radical (unpaired) electrons. The summed E-state index contributed by atoms with van der Waals surface area (Å²) < 4.78 is 5.00. The van der Waals surface area contributed by atoms with E-state index in [-0.39, 0.29) is 5.97 Å². The van der Waals surface area contributed by atoms with Crippen LogP contribution in [0.2, 0.25) is 0 Å². The number of anilines is 1. The SMILES string of the molecule is CCOC(=O)c1cccc(-c2cnc(N)c(C(C)=[NH2+])c2)c1. The van der Waals surface area contributed by atoms with Crippen LogP contribution in [0, 0.1) is 0 Å². The second kappa shape index (κ2) is 6.17. The molecule has 5 heteroatoms. The third-order valence-electron chi connectivity index (χ3n) is 3.05. The summed E-state index contributed by atoms with van der Waals surface area (Å²) in [4.78, 5) is 15.9. The van der Waals surface area contributed by atoms with E-state index < -0.39 is 0 Å². The number of benzene rings is 1. The topological polar surface area (TPSA) is 90.8 Å². The van der Waals surface area contributed by atoms with Gasteiger partial charge in [0.25, 0.3) is 0 Å². The van der Waals surface area contributed by atoms with Gasteiger partial charge in [-0.3, -0.25) is 5.41 Å². The van der Waals surface area contributed by atoms with Crippen LogP contribution in [0.1, 0.15) is 29.8 Å². The largest absolute Gasteiger partial charge is 0.462 e. The Kier molecular flexibility index (Phi) is 4.33. The lowest BCUT2D eigenvalue weighted by atomic mass is 10.0. The Hall–Kier alpha value is -2.69. The summed E-state index contributed by atoms with van der Waals surface area (Å²) in [5, 5.41) is 5.80. The maximum Gasteiger partial charge on any atom is 0.338 e. The maximum absolute atomic E-state index is 11.8. The quantitative estimate of drug-likeness (QED) is 0.649. The number of ether oxygens (including phenoxy) is 1. The minimum absolute atomic E-state index is 0.343. The fourth-order valence-corrected chi connectivity index (χ4v) is 1.99. The molecule has 0 aliphatic rings. The minimum Gasteiger partial charge on any atom is -0.462 e. The van der Waals surface area contributed by atoms with Gasteiger partial charge < -0.3 is 10.5 Å². The molecule has 5 nitrogen and oxygen atoms in total. The second-order valence-electron chi connectivity index (χ2n) is 4.64. The Bertz CT molecular complexity index is 696. The van der Waals surface area contributed by atoms with Crippen molar-refractivity contribution in [2.24, 2.45) is 0 Å². The van der Waals surface area contributed by atoms with Crippen LogP contribution in [-0.4, -0.2) is 23.3 Å². The highest BCUT2D eigenvalue weighted by Gasteiger charge is 2.11. The molecule has 0 spiro atoms. The highest BCUT2D eigenvalue weighted by atomic mass is 16.5. The monoisotopic (exact) mass is 284 g/mol. The molecule has 0 bridgehead atoms. The predicted octanol–water partition coefficient (Wildman–Crippen LogP) is 1.08. The van der Waals surface area contributed by atoms with Crippen molar-refractivity contribution in [3.8, 4) is 11.1 Å². The summed E-state index contributed by atoms with van der Waals surface area (Å²) in [5.74, 6) is 0.0462. The summed E-state index contributed by atoms with van der Waals surface area (Å²) >= 11 is 0. The number of nitrogen functional groups attached to an aromatic ring is 1. The van der Waals surface area contributed by atoms with E-state index in [0.29, 0.717) is 29.3 Å². The van der Waals surface area contributed by atoms with Gasteiger partial charge >= 0.3 is 5.97 Å². The Balaban J connectivity index is 2.43. The van der Waals surface area contributed by atoms with E-state index in [1.54, 1.807) is 38.2 Å². The number of pyridine rings is 1. The minimum atomic E-state index is -0.343. The number of hydrogen-bond acceptors (Lipinski definition) is 4. The van der Waals surface area contributed by atoms with Crippen LogP contribution in [0.5, 0.6) is 0 Å². The highest BCUT2D eigenvalue weighted by molar-refractivity contribution is 5.99. The van der Waals surface area contributed by atoms with Gasteiger partial charge in [-0.15, -0.1) is 0 Å². The molecule has 1 aromatic carbocycles. The molecule has 1 heterocycles. The van der Waals surface area contributed by atoms with Crippen LogP contribution in [0.3, 0.4) is 0 Å². The van der Waals surface area contributed by atoms with Gasteiger partial charge in [0.2, 0.25) is 0 Å². The molecule has 0 atom stereocenters. The second-order valence-corrected chi connectivity index (χ2v) is 4.64. The van der Waals surface area contributed by atoms with Crippen LogP contribution in [-0.2, 0) is 4.74 Å². The van der Waals surface area contributed by atoms with E-state index in [4.69, 9.17) is 15.9 Å². The third-order valence-corrected chi connectivity index (χ3v) is 3.05. The van der Waals surface area contributed by atoms with Gasteiger partial charge in [0.1, 0.15) is 5.82 Å². The molecule has 0 saturated heterocycles. The number of rotatable bonds is 4. The van der Waals surface area contributed by atoms with E-state index in [0.717, 1.165) is 11.1 Å². The number of carbonyl (C=O) groups is 1. The Morgan fingerprint density at radius 3 is 2.76 bits per heavy atom. The fourth-order valence-electron chi connectivity index (χ4n) is 1.99. The molecular weight excluding hydrogens is 266 g/mol. The summed E-state index contributed by atoms with van der Waals surface area (Å²) in [6, 6.07) is 9.04. The molecule has 0 amide bonds. The Labute approximate surface area is 123 Å². The zero-order valence-corrected chi connectivity index (χ0v) is 12.1. The molecule has 0 fully saturated rings. The van der Waals surface area contributed by atoms with Gasteiger partial charge in [-0.05, 0) is 30.7 Å². The van der Waals surface area contributed by atoms with Crippen molar-refractivity contribution in [3.05, 3.63) is 47.7 Å². The van der Waals surface area contributed by atoms with Gasteiger partial charge in [0, 0.05) is 18.7 Å². The molecule has 1 aromatic heterocycles. The van der Waals surface area contributed by atoms with Crippen LogP contribution < -0.4 is 11.1 Å². The molecule has 2 aromatic rings. The Morgan fingerprint density at radius 1 is 1.33 bits per heavy atom. The summed E-state index contributed by atoms with van der Waals surface area (Å²) in [7, 11) is 0. The average molecular weight is 284 g/mol. The number of nitrogens with zero attached hydrogens (tertiary/aromatic N) is 1. The first-order valence-electron chi connectivity index (χ1n) is 6.65. The molecule has 0 unspecified atom stereocenters. The predicted molar refractivity (Wildman–Crippen MR) is 81.8 cm³/mol. The number of esters is 1. The van der Waals surface area contributed by atoms with Crippen LogP contribution in [0.4, 0.5) is 5.82 Å². The van der Waals surface area contributed by atoms with Crippen molar-refractivity contribution < 1.29 is 14.9 Å². The standard InChI is InChI=1S/C16H17N3O2/c1-3-21-16(20)12-6-4-5-11(7-12)13-8-14(10(2)17)15(18)19-9-13/h4-9,17H,3H2,1-2H3,(H2,18,19)/p+1. The van der Waals surface area contributed by atoms with Crippen LogP contribution in [0.15, 0.2) is 36.5 Å². The summed E-state index contributed by atoms with van der Waals surface area (Å²) in [6.07, 6.45) is 1.66. The van der Waals surface area contributed by atoms with Crippen molar-refractivity contribution >= 4 is 17.5 Å². The number of carbonyl (C=O) groups excluding carboxylic acids is 1. The molecule has 108 valence electrons. The smallest absolute Gasteiger partial charge is 0.338 e. The first kappa shape index (κ1) is 14.7. The maximum atomic E-state index is 11.8. The van der Waals surface area contributed by atoms with Crippen molar-refractivity contribution in [2.45, 2.75) is 13.8 Å². The molecule has 4 N–H and O–H groups in total. The molecule has 0 aliphatic heterocycles. The van der Waals surface area contributed by atoms with Crippen molar-refractivity contribution in [1.29, 1.82) is 0 Å². The van der Waals surface area contributed by atoms with E-state index >= 15 is 0 Å². The molecule has 21 heavy (non-hydrogen) atoms. The lowest BCUT2D eigenvalue weighted by Crippen LogP contribution is -2.38. The van der Waals surface area contributed by atoms with Crippen LogP contribution in [0.25, 0.3) is 11.1 Å². The lowest BCUT2D eigenvalue weighted by Gasteiger charge is -2.07. The highest BCUT2D eigenvalue weighted by Crippen LogP contribution is 2.23. The molecule has 2 rings (SSSR count). The average Bonchev–Trinajstić information content (AvgIpc) is 2.48. The normalized spacial score (nSPS) is 10.2.